The third-order valence-electron chi connectivity index (χ3n) is 2.91. The van der Waals surface area contributed by atoms with Gasteiger partial charge in [-0.1, -0.05) is 6.07 Å². The van der Waals surface area contributed by atoms with E-state index < -0.39 is 5.41 Å². The van der Waals surface area contributed by atoms with Gasteiger partial charge in [-0.15, -0.1) is 0 Å². The van der Waals surface area contributed by atoms with Crippen LogP contribution < -0.4 is 4.74 Å². The molecule has 0 saturated carbocycles. The Morgan fingerprint density at radius 3 is 2.65 bits per heavy atom. The molecule has 88 valence electrons. The Labute approximate surface area is 100 Å². The monoisotopic (exact) mass is 229 g/mol. The smallest absolute Gasteiger partial charge is 0.213 e. The van der Waals surface area contributed by atoms with Crippen LogP contribution in [0, 0.1) is 0 Å². The molecular weight excluding hydrogens is 214 g/mol. The first kappa shape index (κ1) is 11.6. The molecule has 3 nitrogen and oxygen atoms in total. The second-order valence-corrected chi connectivity index (χ2v) is 4.60. The number of carbonyl (C=O) groups is 1. The van der Waals surface area contributed by atoms with E-state index in [1.54, 1.807) is 7.11 Å². The third kappa shape index (κ3) is 2.13. The number of aromatic nitrogens is 1. The van der Waals surface area contributed by atoms with Crippen molar-refractivity contribution in [2.24, 2.45) is 0 Å². The van der Waals surface area contributed by atoms with Crippen molar-refractivity contribution in [3.63, 3.8) is 0 Å². The van der Waals surface area contributed by atoms with Crippen LogP contribution in [0.2, 0.25) is 0 Å². The second kappa shape index (κ2) is 4.17. The maximum atomic E-state index is 11.0. The molecule has 0 fully saturated rings. The Kier molecular flexibility index (Phi) is 2.84. The zero-order chi connectivity index (χ0) is 12.5. The van der Waals surface area contributed by atoms with Crippen molar-refractivity contribution in [1.29, 1.82) is 0 Å². The van der Waals surface area contributed by atoms with E-state index in [9.17, 15) is 4.79 Å². The average molecular weight is 229 g/mol. The lowest BCUT2D eigenvalue weighted by Gasteiger charge is -2.17. The molecule has 0 unspecified atom stereocenters. The lowest BCUT2D eigenvalue weighted by Crippen LogP contribution is -2.18. The van der Waals surface area contributed by atoms with E-state index in [2.05, 4.69) is 4.98 Å². The number of fused-ring (bicyclic) bond motifs is 1. The van der Waals surface area contributed by atoms with Crippen LogP contribution in [0.1, 0.15) is 19.4 Å². The number of hydrogen-bond acceptors (Lipinski definition) is 3. The Morgan fingerprint density at radius 2 is 2.00 bits per heavy atom. The number of nitrogens with zero attached hydrogens (tertiary/aromatic N) is 1. The standard InChI is InChI=1S/C14H15NO2/c1-14(2,9-16)11-5-6-12-10(8-11)4-7-13(15-12)17-3/h4-9H,1-3H3. The largest absolute Gasteiger partial charge is 0.481 e. The molecule has 0 amide bonds. The minimum atomic E-state index is -0.464. The molecule has 0 N–H and O–H groups in total. The molecule has 0 spiro atoms. The van der Waals surface area contributed by atoms with Crippen LogP contribution in [0.25, 0.3) is 10.9 Å². The lowest BCUT2D eigenvalue weighted by atomic mass is 9.86. The van der Waals surface area contributed by atoms with Gasteiger partial charge in [0.25, 0.3) is 0 Å². The number of aldehydes is 1. The summed E-state index contributed by atoms with van der Waals surface area (Å²) in [6.07, 6.45) is 0.963. The van der Waals surface area contributed by atoms with Crippen molar-refractivity contribution in [3.05, 3.63) is 35.9 Å². The van der Waals surface area contributed by atoms with Crippen LogP contribution in [0.15, 0.2) is 30.3 Å². The van der Waals surface area contributed by atoms with Crippen molar-refractivity contribution < 1.29 is 9.53 Å². The minimum Gasteiger partial charge on any atom is -0.481 e. The van der Waals surface area contributed by atoms with Gasteiger partial charge in [0, 0.05) is 16.9 Å². The van der Waals surface area contributed by atoms with Crippen molar-refractivity contribution in [3.8, 4) is 5.88 Å². The van der Waals surface area contributed by atoms with Gasteiger partial charge in [-0.05, 0) is 37.6 Å². The molecule has 0 aliphatic carbocycles. The summed E-state index contributed by atoms with van der Waals surface area (Å²) in [5.74, 6) is 0.597. The van der Waals surface area contributed by atoms with Crippen LogP contribution in [0.4, 0.5) is 0 Å². The zero-order valence-electron chi connectivity index (χ0n) is 10.2. The highest BCUT2D eigenvalue weighted by Gasteiger charge is 2.19. The first-order chi connectivity index (χ1) is 8.06. The van der Waals surface area contributed by atoms with Gasteiger partial charge in [-0.3, -0.25) is 0 Å². The van der Waals surface area contributed by atoms with E-state index >= 15 is 0 Å². The van der Waals surface area contributed by atoms with Gasteiger partial charge in [-0.2, -0.15) is 0 Å². The summed E-state index contributed by atoms with van der Waals surface area (Å²) in [5, 5.41) is 1.01. The number of ether oxygens (including phenoxy) is 1. The summed E-state index contributed by atoms with van der Waals surface area (Å²) < 4.78 is 5.07. The highest BCUT2D eigenvalue weighted by atomic mass is 16.5. The first-order valence-corrected chi connectivity index (χ1v) is 5.48. The summed E-state index contributed by atoms with van der Waals surface area (Å²) in [7, 11) is 1.60. The SMILES string of the molecule is COc1ccc2cc(C(C)(C)C=O)ccc2n1. The van der Waals surface area contributed by atoms with Gasteiger partial charge in [-0.25, -0.2) is 4.98 Å². The summed E-state index contributed by atoms with van der Waals surface area (Å²) in [5.41, 5.74) is 1.40. The van der Waals surface area contributed by atoms with Crippen LogP contribution in [0.3, 0.4) is 0 Å². The molecule has 0 bridgehead atoms. The third-order valence-corrected chi connectivity index (χ3v) is 2.91. The maximum absolute atomic E-state index is 11.0. The molecular formula is C14H15NO2. The summed E-state index contributed by atoms with van der Waals surface area (Å²) in [6, 6.07) is 9.61. The van der Waals surface area contributed by atoms with Gasteiger partial charge < -0.3 is 9.53 Å². The molecule has 0 saturated heterocycles. The molecule has 1 aromatic heterocycles. The molecule has 1 heterocycles. The Balaban J connectivity index is 2.56. The van der Waals surface area contributed by atoms with E-state index in [0.29, 0.717) is 5.88 Å². The van der Waals surface area contributed by atoms with Gasteiger partial charge in [0.2, 0.25) is 5.88 Å². The first-order valence-electron chi connectivity index (χ1n) is 5.48. The normalized spacial score (nSPS) is 11.5. The molecule has 2 rings (SSSR count). The van der Waals surface area contributed by atoms with Gasteiger partial charge in [0.1, 0.15) is 6.29 Å². The average Bonchev–Trinajstić information content (AvgIpc) is 2.37. The van der Waals surface area contributed by atoms with Crippen molar-refractivity contribution in [2.75, 3.05) is 7.11 Å². The fourth-order valence-corrected chi connectivity index (χ4v) is 1.69. The number of benzene rings is 1. The lowest BCUT2D eigenvalue weighted by molar-refractivity contribution is -0.111. The summed E-state index contributed by atoms with van der Waals surface area (Å²) in [4.78, 5) is 15.4. The molecule has 0 atom stereocenters. The van der Waals surface area contributed by atoms with Crippen LogP contribution in [-0.2, 0) is 10.2 Å². The minimum absolute atomic E-state index is 0.464. The molecule has 1 aromatic carbocycles. The summed E-state index contributed by atoms with van der Waals surface area (Å²) >= 11 is 0. The number of hydrogen-bond donors (Lipinski definition) is 0. The van der Waals surface area contributed by atoms with E-state index in [1.807, 2.05) is 44.2 Å². The summed E-state index contributed by atoms with van der Waals surface area (Å²) in [6.45, 7) is 3.80. The fourth-order valence-electron chi connectivity index (χ4n) is 1.69. The Bertz CT molecular complexity index is 561. The molecule has 2 aromatic rings. The van der Waals surface area contributed by atoms with E-state index in [0.717, 1.165) is 22.8 Å². The molecule has 17 heavy (non-hydrogen) atoms. The van der Waals surface area contributed by atoms with Gasteiger partial charge in [0.15, 0.2) is 0 Å². The highest BCUT2D eigenvalue weighted by molar-refractivity contribution is 5.81. The number of methoxy groups -OCH3 is 1. The van der Waals surface area contributed by atoms with E-state index in [1.165, 1.54) is 0 Å². The number of rotatable bonds is 3. The molecule has 0 radical (unpaired) electrons. The molecule has 3 heteroatoms. The van der Waals surface area contributed by atoms with E-state index in [4.69, 9.17) is 4.74 Å². The highest BCUT2D eigenvalue weighted by Crippen LogP contribution is 2.25. The van der Waals surface area contributed by atoms with Crippen molar-refractivity contribution in [1.82, 2.24) is 4.98 Å². The van der Waals surface area contributed by atoms with Crippen molar-refractivity contribution in [2.45, 2.75) is 19.3 Å². The molecule has 0 aliphatic heterocycles. The van der Waals surface area contributed by atoms with Crippen LogP contribution in [0.5, 0.6) is 5.88 Å². The number of carbonyl (C=O) groups excluding carboxylic acids is 1. The van der Waals surface area contributed by atoms with Crippen LogP contribution >= 0.6 is 0 Å². The quantitative estimate of drug-likeness (QED) is 0.760. The predicted octanol–water partition coefficient (Wildman–Crippen LogP) is 2.72. The number of pyridine rings is 1. The van der Waals surface area contributed by atoms with Gasteiger partial charge >= 0.3 is 0 Å². The predicted molar refractivity (Wildman–Crippen MR) is 67.4 cm³/mol. The Morgan fingerprint density at radius 1 is 1.24 bits per heavy atom. The fraction of sp³-hybridized carbons (Fsp3) is 0.286. The Hall–Kier alpha value is -1.90. The second-order valence-electron chi connectivity index (χ2n) is 4.60. The topological polar surface area (TPSA) is 39.2 Å². The van der Waals surface area contributed by atoms with Crippen LogP contribution in [-0.4, -0.2) is 18.4 Å². The van der Waals surface area contributed by atoms with Gasteiger partial charge in [0.05, 0.1) is 12.6 Å². The van der Waals surface area contributed by atoms with E-state index in [-0.39, 0.29) is 0 Å². The van der Waals surface area contributed by atoms with Crippen molar-refractivity contribution >= 4 is 17.2 Å². The zero-order valence-corrected chi connectivity index (χ0v) is 10.2. The molecule has 0 aliphatic rings. The maximum Gasteiger partial charge on any atom is 0.213 e.